The van der Waals surface area contributed by atoms with Gasteiger partial charge < -0.3 is 14.2 Å². The molecule has 1 unspecified atom stereocenters. The van der Waals surface area contributed by atoms with Crippen LogP contribution in [0, 0.1) is 0 Å². The Morgan fingerprint density at radius 2 is 0.481 bits per heavy atom. The molecule has 0 spiro atoms. The van der Waals surface area contributed by atoms with Crippen LogP contribution in [0.25, 0.3) is 0 Å². The molecule has 6 heteroatoms. The number of carbonyl (C=O) groups excluding carboxylic acids is 3. The largest absolute Gasteiger partial charge is 0.462 e. The summed E-state index contributed by atoms with van der Waals surface area (Å²) in [5, 5.41) is 0. The average molecular weight is 1120 g/mol. The molecule has 0 aromatic heterocycles. The van der Waals surface area contributed by atoms with E-state index < -0.39 is 6.10 Å². The van der Waals surface area contributed by atoms with Gasteiger partial charge in [-0.3, -0.25) is 14.4 Å². The number of ether oxygens (including phenoxy) is 3. The third kappa shape index (κ3) is 66.5. The van der Waals surface area contributed by atoms with E-state index in [4.69, 9.17) is 14.2 Å². The van der Waals surface area contributed by atoms with E-state index in [0.717, 1.165) is 128 Å². The van der Waals surface area contributed by atoms with Gasteiger partial charge in [-0.2, -0.15) is 0 Å². The van der Waals surface area contributed by atoms with Crippen molar-refractivity contribution in [1.82, 2.24) is 0 Å². The lowest BCUT2D eigenvalue weighted by Crippen LogP contribution is -2.30. The molecule has 0 rings (SSSR count). The maximum absolute atomic E-state index is 12.9. The molecule has 0 heterocycles. The van der Waals surface area contributed by atoms with Crippen molar-refractivity contribution in [3.8, 4) is 0 Å². The molecule has 0 radical (unpaired) electrons. The second kappa shape index (κ2) is 68.3. The number of hydrogen-bond donors (Lipinski definition) is 0. The third-order valence-electron chi connectivity index (χ3n) is 14.5. The molecule has 0 aliphatic heterocycles. The Balaban J connectivity index is 4.33. The molecular formula is C75H126O6. The van der Waals surface area contributed by atoms with Crippen LogP contribution in [0.4, 0.5) is 0 Å². The summed E-state index contributed by atoms with van der Waals surface area (Å²) in [4.78, 5) is 38.4. The molecule has 0 aliphatic carbocycles. The van der Waals surface area contributed by atoms with Gasteiger partial charge in [-0.25, -0.2) is 0 Å². The fourth-order valence-corrected chi connectivity index (χ4v) is 9.44. The maximum Gasteiger partial charge on any atom is 0.306 e. The summed E-state index contributed by atoms with van der Waals surface area (Å²) in [5.74, 6) is -0.886. The monoisotopic (exact) mass is 1120 g/mol. The number of unbranched alkanes of at least 4 members (excludes halogenated alkanes) is 30. The zero-order chi connectivity index (χ0) is 58.5. The van der Waals surface area contributed by atoms with Gasteiger partial charge in [0.15, 0.2) is 6.10 Å². The SMILES string of the molecule is CC/C=C\C/C=C\C/C=C\C/C=C\C/C=C\CCCCCCCCCCCCCC(=O)OCC(COC(=O)CCCCCCCCCCCCCCC)OC(=O)CCCCCCCCC/C=C\C/C=C\C/C=C\C/C=C\C/C=C\CC. The van der Waals surface area contributed by atoms with Gasteiger partial charge in [0.2, 0.25) is 0 Å². The normalized spacial score (nSPS) is 12.9. The standard InChI is InChI=1S/C75H126O6/c1-4-7-10-13-16-19-22-25-27-29-31-33-35-36-37-38-40-41-43-45-47-50-53-56-59-62-65-68-74(77)80-71-72(70-79-73(76)67-64-61-58-55-52-49-24-21-18-15-12-9-6-3)81-75(78)69-66-63-60-57-54-51-48-46-44-42-39-34-32-30-28-26-23-20-17-14-11-8-5-2/h7-8,10-11,16-17,19-20,25-28,31-34,36-37,42,44,72H,4-6,9,12-15,18,21-24,29-30,35,38-41,43,45-71H2,1-3H3/b10-7-,11-8-,19-16-,20-17-,27-25-,28-26-,33-31-,34-32-,37-36-,44-42-. The summed E-state index contributed by atoms with van der Waals surface area (Å²) in [6.07, 6.45) is 94.9. The van der Waals surface area contributed by atoms with E-state index in [1.165, 1.54) is 148 Å². The highest BCUT2D eigenvalue weighted by atomic mass is 16.6. The van der Waals surface area contributed by atoms with Crippen molar-refractivity contribution in [2.24, 2.45) is 0 Å². The van der Waals surface area contributed by atoms with Gasteiger partial charge in [-0.1, -0.05) is 309 Å². The quantitative estimate of drug-likeness (QED) is 0.0261. The van der Waals surface area contributed by atoms with Gasteiger partial charge in [0.1, 0.15) is 13.2 Å². The first-order valence-corrected chi connectivity index (χ1v) is 34.0. The Morgan fingerprint density at radius 3 is 0.753 bits per heavy atom. The van der Waals surface area contributed by atoms with Crippen LogP contribution in [0.15, 0.2) is 122 Å². The zero-order valence-electron chi connectivity index (χ0n) is 53.0. The van der Waals surface area contributed by atoms with Crippen molar-refractivity contribution >= 4 is 17.9 Å². The molecule has 0 fully saturated rings. The van der Waals surface area contributed by atoms with E-state index in [0.29, 0.717) is 19.3 Å². The molecule has 0 bridgehead atoms. The van der Waals surface area contributed by atoms with E-state index in [2.05, 4.69) is 142 Å². The zero-order valence-corrected chi connectivity index (χ0v) is 53.0. The summed E-state index contributed by atoms with van der Waals surface area (Å²) in [5.41, 5.74) is 0. The van der Waals surface area contributed by atoms with Crippen molar-refractivity contribution in [3.05, 3.63) is 122 Å². The number of hydrogen-bond acceptors (Lipinski definition) is 6. The van der Waals surface area contributed by atoms with Crippen LogP contribution >= 0.6 is 0 Å². The van der Waals surface area contributed by atoms with Crippen molar-refractivity contribution in [2.75, 3.05) is 13.2 Å². The van der Waals surface area contributed by atoms with E-state index in [1.807, 2.05) is 0 Å². The summed E-state index contributed by atoms with van der Waals surface area (Å²) < 4.78 is 17.0. The molecule has 0 amide bonds. The Bertz CT molecular complexity index is 1670. The van der Waals surface area contributed by atoms with Crippen LogP contribution in [0.1, 0.15) is 316 Å². The number of allylic oxidation sites excluding steroid dienone is 20. The van der Waals surface area contributed by atoms with Crippen molar-refractivity contribution in [2.45, 2.75) is 322 Å². The van der Waals surface area contributed by atoms with Gasteiger partial charge in [-0.05, 0) is 109 Å². The molecule has 1 atom stereocenters. The van der Waals surface area contributed by atoms with Gasteiger partial charge >= 0.3 is 17.9 Å². The Hall–Kier alpha value is -4.19. The van der Waals surface area contributed by atoms with Crippen LogP contribution in [0.5, 0.6) is 0 Å². The van der Waals surface area contributed by atoms with E-state index in [9.17, 15) is 14.4 Å². The minimum atomic E-state index is -0.788. The number of esters is 3. The highest BCUT2D eigenvalue weighted by Crippen LogP contribution is 2.17. The summed E-state index contributed by atoms with van der Waals surface area (Å²) in [6.45, 7) is 6.43. The van der Waals surface area contributed by atoms with Gasteiger partial charge in [0, 0.05) is 19.3 Å². The van der Waals surface area contributed by atoms with Crippen molar-refractivity contribution < 1.29 is 28.6 Å². The summed E-state index contributed by atoms with van der Waals surface area (Å²) >= 11 is 0. The number of rotatable bonds is 61. The third-order valence-corrected chi connectivity index (χ3v) is 14.5. The average Bonchev–Trinajstić information content (AvgIpc) is 3.46. The smallest absolute Gasteiger partial charge is 0.306 e. The molecule has 0 aromatic carbocycles. The molecule has 0 saturated carbocycles. The second-order valence-corrected chi connectivity index (χ2v) is 22.3. The first-order chi connectivity index (χ1) is 40.0. The molecule has 0 aromatic rings. The van der Waals surface area contributed by atoms with Gasteiger partial charge in [-0.15, -0.1) is 0 Å². The fraction of sp³-hybridized carbons (Fsp3) is 0.693. The van der Waals surface area contributed by atoms with Crippen molar-refractivity contribution in [3.63, 3.8) is 0 Å². The second-order valence-electron chi connectivity index (χ2n) is 22.3. The van der Waals surface area contributed by atoms with Gasteiger partial charge in [0.05, 0.1) is 0 Å². The predicted molar refractivity (Wildman–Crippen MR) is 353 cm³/mol. The lowest BCUT2D eigenvalue weighted by atomic mass is 10.0. The van der Waals surface area contributed by atoms with Crippen LogP contribution < -0.4 is 0 Å². The molecule has 81 heavy (non-hydrogen) atoms. The Labute approximate surface area is 501 Å². The fourth-order valence-electron chi connectivity index (χ4n) is 9.44. The van der Waals surface area contributed by atoms with Crippen LogP contribution in [-0.4, -0.2) is 37.2 Å². The van der Waals surface area contributed by atoms with E-state index in [1.54, 1.807) is 0 Å². The predicted octanol–water partition coefficient (Wildman–Crippen LogP) is 23.6. The lowest BCUT2D eigenvalue weighted by molar-refractivity contribution is -0.167. The molecular weight excluding hydrogens is 997 g/mol. The molecule has 0 aliphatic rings. The summed E-state index contributed by atoms with van der Waals surface area (Å²) in [7, 11) is 0. The van der Waals surface area contributed by atoms with E-state index >= 15 is 0 Å². The molecule has 0 saturated heterocycles. The molecule has 462 valence electrons. The topological polar surface area (TPSA) is 78.9 Å². The van der Waals surface area contributed by atoms with Crippen LogP contribution in [0.2, 0.25) is 0 Å². The van der Waals surface area contributed by atoms with Crippen LogP contribution in [-0.2, 0) is 28.6 Å². The Kier molecular flexibility index (Phi) is 64.8. The van der Waals surface area contributed by atoms with Crippen LogP contribution in [0.3, 0.4) is 0 Å². The first-order valence-electron chi connectivity index (χ1n) is 34.0. The minimum absolute atomic E-state index is 0.0823. The Morgan fingerprint density at radius 1 is 0.259 bits per heavy atom. The van der Waals surface area contributed by atoms with E-state index in [-0.39, 0.29) is 31.1 Å². The highest BCUT2D eigenvalue weighted by molar-refractivity contribution is 5.71. The summed E-state index contributed by atoms with van der Waals surface area (Å²) in [6, 6.07) is 0. The maximum atomic E-state index is 12.9. The molecule has 0 N–H and O–H groups in total. The van der Waals surface area contributed by atoms with Crippen molar-refractivity contribution in [1.29, 1.82) is 0 Å². The van der Waals surface area contributed by atoms with Gasteiger partial charge in [0.25, 0.3) is 0 Å². The first kappa shape index (κ1) is 76.8. The lowest BCUT2D eigenvalue weighted by Gasteiger charge is -2.18. The number of carbonyl (C=O) groups is 3. The molecule has 6 nitrogen and oxygen atoms in total. The minimum Gasteiger partial charge on any atom is -0.462 e. The highest BCUT2D eigenvalue weighted by Gasteiger charge is 2.19.